The van der Waals surface area contributed by atoms with Crippen LogP contribution in [-0.4, -0.2) is 6.04 Å². The predicted molar refractivity (Wildman–Crippen MR) is 63.1 cm³/mol. The van der Waals surface area contributed by atoms with Crippen molar-refractivity contribution in [1.82, 2.24) is 0 Å². The molecule has 76 valence electrons. The van der Waals surface area contributed by atoms with Gasteiger partial charge in [-0.2, -0.15) is 0 Å². The van der Waals surface area contributed by atoms with Crippen molar-refractivity contribution in [3.05, 3.63) is 41.6 Å². The van der Waals surface area contributed by atoms with Crippen molar-refractivity contribution in [3.63, 3.8) is 0 Å². The summed E-state index contributed by atoms with van der Waals surface area (Å²) in [4.78, 5) is 0. The third-order valence-corrected chi connectivity index (χ3v) is 2.94. The summed E-state index contributed by atoms with van der Waals surface area (Å²) in [7, 11) is 0. The van der Waals surface area contributed by atoms with Gasteiger partial charge in [0.1, 0.15) is 0 Å². The molecular weight excluding hydrogens is 186 g/mol. The Bertz CT molecular complexity index is 486. The van der Waals surface area contributed by atoms with Gasteiger partial charge < -0.3 is 16.8 Å². The molecule has 0 radical (unpaired) electrons. The monoisotopic (exact) mass is 199 g/mol. The molecule has 5 N–H and O–H groups in total. The Balaban J connectivity index is 2.10. The Labute approximate surface area is 88.5 Å². The van der Waals surface area contributed by atoms with Crippen molar-refractivity contribution in [3.8, 4) is 0 Å². The molecule has 1 aliphatic heterocycles. The fraction of sp³-hybridized carbons (Fsp3) is 0.167. The SMILES string of the molecule is NC1=CC2Nc3cc(N)ccc3C2=CC1. The van der Waals surface area contributed by atoms with Gasteiger partial charge >= 0.3 is 0 Å². The van der Waals surface area contributed by atoms with Gasteiger partial charge in [-0.05, 0) is 23.8 Å². The van der Waals surface area contributed by atoms with Gasteiger partial charge in [-0.3, -0.25) is 0 Å². The molecule has 1 aliphatic carbocycles. The molecule has 0 fully saturated rings. The van der Waals surface area contributed by atoms with Crippen LogP contribution in [0.15, 0.2) is 36.0 Å². The van der Waals surface area contributed by atoms with Crippen LogP contribution in [0, 0.1) is 0 Å². The number of allylic oxidation sites excluding steroid dienone is 1. The first-order valence-corrected chi connectivity index (χ1v) is 5.07. The molecule has 0 saturated carbocycles. The number of nitrogens with two attached hydrogens (primary N) is 2. The van der Waals surface area contributed by atoms with Crippen molar-refractivity contribution < 1.29 is 0 Å². The normalized spacial score (nSPS) is 22.3. The average Bonchev–Trinajstić information content (AvgIpc) is 2.53. The van der Waals surface area contributed by atoms with Crippen LogP contribution in [0.25, 0.3) is 5.57 Å². The number of nitrogen functional groups attached to an aromatic ring is 1. The molecular formula is C12H13N3. The van der Waals surface area contributed by atoms with Gasteiger partial charge in [0.15, 0.2) is 0 Å². The molecule has 0 amide bonds. The van der Waals surface area contributed by atoms with E-state index in [0.29, 0.717) is 0 Å². The lowest BCUT2D eigenvalue weighted by atomic mass is 9.96. The zero-order valence-corrected chi connectivity index (χ0v) is 8.33. The second kappa shape index (κ2) is 2.79. The Morgan fingerprint density at radius 1 is 1.27 bits per heavy atom. The molecule has 15 heavy (non-hydrogen) atoms. The lowest BCUT2D eigenvalue weighted by Crippen LogP contribution is -2.17. The Morgan fingerprint density at radius 2 is 2.13 bits per heavy atom. The Morgan fingerprint density at radius 3 is 3.00 bits per heavy atom. The van der Waals surface area contributed by atoms with Gasteiger partial charge in [0.25, 0.3) is 0 Å². The number of hydrogen-bond acceptors (Lipinski definition) is 3. The minimum atomic E-state index is 0.232. The van der Waals surface area contributed by atoms with Crippen LogP contribution in [0.5, 0.6) is 0 Å². The summed E-state index contributed by atoms with van der Waals surface area (Å²) >= 11 is 0. The van der Waals surface area contributed by atoms with Crippen molar-refractivity contribution in [2.24, 2.45) is 5.73 Å². The smallest absolute Gasteiger partial charge is 0.0721 e. The van der Waals surface area contributed by atoms with E-state index in [1.54, 1.807) is 0 Å². The molecule has 2 aliphatic rings. The predicted octanol–water partition coefficient (Wildman–Crippen LogP) is 1.69. The maximum Gasteiger partial charge on any atom is 0.0721 e. The summed E-state index contributed by atoms with van der Waals surface area (Å²) in [5.41, 5.74) is 16.9. The number of hydrogen-bond donors (Lipinski definition) is 3. The van der Waals surface area contributed by atoms with E-state index >= 15 is 0 Å². The van der Waals surface area contributed by atoms with Crippen molar-refractivity contribution in [2.75, 3.05) is 11.1 Å². The second-order valence-electron chi connectivity index (χ2n) is 4.03. The van der Waals surface area contributed by atoms with Crippen LogP contribution in [0.1, 0.15) is 12.0 Å². The van der Waals surface area contributed by atoms with Gasteiger partial charge in [0.05, 0.1) is 6.04 Å². The molecule has 0 spiro atoms. The maximum absolute atomic E-state index is 5.81. The lowest BCUT2D eigenvalue weighted by Gasteiger charge is -2.14. The number of benzene rings is 1. The molecule has 1 atom stereocenters. The van der Waals surface area contributed by atoms with Crippen LogP contribution in [0.2, 0.25) is 0 Å². The first-order chi connectivity index (χ1) is 7.24. The number of anilines is 2. The van der Waals surface area contributed by atoms with E-state index in [2.05, 4.69) is 23.5 Å². The molecule has 0 aromatic heterocycles. The summed E-state index contributed by atoms with van der Waals surface area (Å²) in [6, 6.07) is 6.21. The molecule has 0 saturated heterocycles. The standard InChI is InChI=1S/C12H13N3/c13-7-1-3-9-10-4-2-8(14)6-12(10)15-11(9)5-7/h1,3-6,12,15H,2,13-14H2. The molecule has 1 aromatic carbocycles. The van der Waals surface area contributed by atoms with Crippen LogP contribution < -0.4 is 16.8 Å². The lowest BCUT2D eigenvalue weighted by molar-refractivity contribution is 1.04. The molecule has 1 unspecified atom stereocenters. The van der Waals surface area contributed by atoms with Gasteiger partial charge in [-0.1, -0.05) is 12.1 Å². The van der Waals surface area contributed by atoms with E-state index < -0.39 is 0 Å². The number of nitrogens with one attached hydrogen (secondary N) is 1. The molecule has 3 nitrogen and oxygen atoms in total. The first-order valence-electron chi connectivity index (χ1n) is 5.07. The van der Waals surface area contributed by atoms with Crippen LogP contribution >= 0.6 is 0 Å². The number of fused-ring (bicyclic) bond motifs is 3. The minimum absolute atomic E-state index is 0.232. The van der Waals surface area contributed by atoms with E-state index in [1.807, 2.05) is 12.1 Å². The first kappa shape index (κ1) is 8.41. The van der Waals surface area contributed by atoms with Crippen molar-refractivity contribution >= 4 is 16.9 Å². The van der Waals surface area contributed by atoms with Crippen molar-refractivity contribution in [2.45, 2.75) is 12.5 Å². The molecule has 3 heteroatoms. The fourth-order valence-electron chi connectivity index (χ4n) is 2.22. The average molecular weight is 199 g/mol. The highest BCUT2D eigenvalue weighted by atomic mass is 15.0. The quantitative estimate of drug-likeness (QED) is 0.557. The Hall–Kier alpha value is -1.90. The summed E-state index contributed by atoms with van der Waals surface area (Å²) in [5, 5.41) is 3.40. The highest BCUT2D eigenvalue weighted by Crippen LogP contribution is 2.39. The van der Waals surface area contributed by atoms with Crippen molar-refractivity contribution in [1.29, 1.82) is 0 Å². The maximum atomic E-state index is 5.81. The fourth-order valence-corrected chi connectivity index (χ4v) is 2.22. The molecule has 1 heterocycles. The zero-order valence-electron chi connectivity index (χ0n) is 8.33. The van der Waals surface area contributed by atoms with E-state index in [-0.39, 0.29) is 6.04 Å². The highest BCUT2D eigenvalue weighted by molar-refractivity contribution is 5.90. The highest BCUT2D eigenvalue weighted by Gasteiger charge is 2.26. The van der Waals surface area contributed by atoms with Gasteiger partial charge in [-0.25, -0.2) is 0 Å². The van der Waals surface area contributed by atoms with Gasteiger partial charge in [0.2, 0.25) is 0 Å². The largest absolute Gasteiger partial charge is 0.402 e. The summed E-state index contributed by atoms with van der Waals surface area (Å²) in [5.74, 6) is 0. The van der Waals surface area contributed by atoms with E-state index in [0.717, 1.165) is 23.5 Å². The molecule has 1 aromatic rings. The van der Waals surface area contributed by atoms with Crippen LogP contribution in [-0.2, 0) is 0 Å². The second-order valence-corrected chi connectivity index (χ2v) is 4.03. The topological polar surface area (TPSA) is 64.1 Å². The van der Waals surface area contributed by atoms with E-state index in [4.69, 9.17) is 11.5 Å². The molecule has 3 rings (SSSR count). The van der Waals surface area contributed by atoms with Gasteiger partial charge in [0, 0.05) is 29.1 Å². The molecule has 0 bridgehead atoms. The van der Waals surface area contributed by atoms with Crippen LogP contribution in [0.3, 0.4) is 0 Å². The summed E-state index contributed by atoms with van der Waals surface area (Å²) in [6.07, 6.45) is 5.11. The van der Waals surface area contributed by atoms with E-state index in [9.17, 15) is 0 Å². The Kier molecular flexibility index (Phi) is 1.57. The summed E-state index contributed by atoms with van der Waals surface area (Å²) < 4.78 is 0. The summed E-state index contributed by atoms with van der Waals surface area (Å²) in [6.45, 7) is 0. The van der Waals surface area contributed by atoms with Crippen LogP contribution in [0.4, 0.5) is 11.4 Å². The zero-order chi connectivity index (χ0) is 10.4. The third kappa shape index (κ3) is 1.20. The van der Waals surface area contributed by atoms with E-state index in [1.165, 1.54) is 11.1 Å². The number of rotatable bonds is 0. The van der Waals surface area contributed by atoms with Gasteiger partial charge in [-0.15, -0.1) is 0 Å². The minimum Gasteiger partial charge on any atom is -0.402 e. The third-order valence-electron chi connectivity index (χ3n) is 2.94.